The van der Waals surface area contributed by atoms with Gasteiger partial charge < -0.3 is 19.9 Å². The molecule has 0 saturated carbocycles. The molecule has 0 aromatic heterocycles. The second kappa shape index (κ2) is 8.03. The smallest absolute Gasteiger partial charge is 0.120 e. The Kier molecular flexibility index (Phi) is 7.92. The van der Waals surface area contributed by atoms with Crippen molar-refractivity contribution in [2.75, 3.05) is 25.5 Å². The van der Waals surface area contributed by atoms with Gasteiger partial charge in [-0.1, -0.05) is 13.8 Å². The highest BCUT2D eigenvalue weighted by Gasteiger charge is 2.26. The molecule has 0 amide bonds. The van der Waals surface area contributed by atoms with Crippen LogP contribution in [-0.2, 0) is 10.1 Å². The van der Waals surface area contributed by atoms with Gasteiger partial charge in [-0.3, -0.25) is 4.90 Å². The van der Waals surface area contributed by atoms with Crippen LogP contribution in [0.25, 0.3) is 0 Å². The largest absolute Gasteiger partial charge is 0.748 e. The SMILES string of the molecule is CC(C)CC(CO)N(CCO)C(O)CS(=O)(=O)[O-]. The van der Waals surface area contributed by atoms with Crippen LogP contribution in [0.5, 0.6) is 0 Å². The molecular weight excluding hydrogens is 262 g/mol. The fraction of sp³-hybridized carbons (Fsp3) is 1.00. The summed E-state index contributed by atoms with van der Waals surface area (Å²) in [7, 11) is -4.56. The quantitative estimate of drug-likeness (QED) is 0.350. The van der Waals surface area contributed by atoms with Crippen molar-refractivity contribution in [1.29, 1.82) is 0 Å². The average Bonchev–Trinajstić information content (AvgIpc) is 2.20. The summed E-state index contributed by atoms with van der Waals surface area (Å²) in [6.45, 7) is 3.24. The predicted octanol–water partition coefficient (Wildman–Crippen LogP) is -1.45. The lowest BCUT2D eigenvalue weighted by molar-refractivity contribution is -0.0393. The molecule has 0 aliphatic rings. The van der Waals surface area contributed by atoms with Gasteiger partial charge in [0.15, 0.2) is 0 Å². The maximum atomic E-state index is 10.6. The van der Waals surface area contributed by atoms with E-state index < -0.39 is 28.1 Å². The molecule has 0 aliphatic carbocycles. The van der Waals surface area contributed by atoms with Gasteiger partial charge >= 0.3 is 0 Å². The standard InChI is InChI=1S/C10H23NO6S/c1-8(2)5-9(6-13)11(3-4-12)10(14)7-18(15,16)17/h8-10,12-14H,3-7H2,1-2H3,(H,15,16,17)/p-1. The molecule has 0 spiro atoms. The van der Waals surface area contributed by atoms with Crippen molar-refractivity contribution in [2.45, 2.75) is 32.5 Å². The highest BCUT2D eigenvalue weighted by molar-refractivity contribution is 7.85. The molecular formula is C10H22NO6S-. The predicted molar refractivity (Wildman–Crippen MR) is 64.7 cm³/mol. The lowest BCUT2D eigenvalue weighted by atomic mass is 10.0. The lowest BCUT2D eigenvalue weighted by Gasteiger charge is -2.35. The van der Waals surface area contributed by atoms with E-state index in [1.165, 1.54) is 4.90 Å². The molecule has 0 aliphatic heterocycles. The fourth-order valence-corrected chi connectivity index (χ4v) is 2.38. The summed E-state index contributed by atoms with van der Waals surface area (Å²) in [5.74, 6) is -0.735. The van der Waals surface area contributed by atoms with Crippen LogP contribution in [0.15, 0.2) is 0 Å². The van der Waals surface area contributed by atoms with Gasteiger partial charge in [-0.2, -0.15) is 0 Å². The van der Waals surface area contributed by atoms with E-state index in [4.69, 9.17) is 5.11 Å². The van der Waals surface area contributed by atoms with Crippen LogP contribution in [0.3, 0.4) is 0 Å². The summed E-state index contributed by atoms with van der Waals surface area (Å²) in [6.07, 6.45) is -0.998. The number of hydrogen-bond donors (Lipinski definition) is 3. The summed E-state index contributed by atoms with van der Waals surface area (Å²) in [4.78, 5) is 1.25. The van der Waals surface area contributed by atoms with Crippen molar-refractivity contribution in [1.82, 2.24) is 4.90 Å². The number of nitrogens with zero attached hydrogens (tertiary/aromatic N) is 1. The van der Waals surface area contributed by atoms with Crippen LogP contribution in [0, 0.1) is 5.92 Å². The first kappa shape index (κ1) is 17.8. The summed E-state index contributed by atoms with van der Waals surface area (Å²) < 4.78 is 31.8. The maximum Gasteiger partial charge on any atom is 0.120 e. The van der Waals surface area contributed by atoms with Crippen LogP contribution in [0.4, 0.5) is 0 Å². The third-order valence-electron chi connectivity index (χ3n) is 2.52. The Bertz CT molecular complexity index is 318. The molecule has 0 saturated heterocycles. The molecule has 0 aromatic carbocycles. The Morgan fingerprint density at radius 2 is 1.83 bits per heavy atom. The lowest BCUT2D eigenvalue weighted by Crippen LogP contribution is -2.49. The molecule has 0 fully saturated rings. The first-order valence-corrected chi connectivity index (χ1v) is 7.38. The number of rotatable bonds is 9. The second-order valence-electron chi connectivity index (χ2n) is 4.63. The number of aliphatic hydroxyl groups is 3. The van der Waals surface area contributed by atoms with E-state index in [1.54, 1.807) is 0 Å². The Labute approximate surface area is 108 Å². The van der Waals surface area contributed by atoms with E-state index >= 15 is 0 Å². The highest BCUT2D eigenvalue weighted by Crippen LogP contribution is 2.14. The van der Waals surface area contributed by atoms with E-state index in [0.717, 1.165) is 0 Å². The van der Waals surface area contributed by atoms with Crippen LogP contribution >= 0.6 is 0 Å². The molecule has 0 heterocycles. The van der Waals surface area contributed by atoms with Gasteiger partial charge in [-0.25, -0.2) is 8.42 Å². The van der Waals surface area contributed by atoms with E-state index in [1.807, 2.05) is 13.8 Å². The molecule has 8 heteroatoms. The molecule has 2 unspecified atom stereocenters. The summed E-state index contributed by atoms with van der Waals surface area (Å²) >= 11 is 0. The summed E-state index contributed by atoms with van der Waals surface area (Å²) in [6, 6.07) is -0.492. The Balaban J connectivity index is 4.79. The first-order chi connectivity index (χ1) is 8.21. The van der Waals surface area contributed by atoms with Gasteiger partial charge in [0.2, 0.25) is 0 Å². The fourth-order valence-electron chi connectivity index (χ4n) is 1.83. The van der Waals surface area contributed by atoms with Crippen LogP contribution < -0.4 is 0 Å². The normalized spacial score (nSPS) is 16.2. The van der Waals surface area contributed by atoms with Crippen LogP contribution in [0.1, 0.15) is 20.3 Å². The molecule has 0 aromatic rings. The topological polar surface area (TPSA) is 121 Å². The molecule has 0 radical (unpaired) electrons. The number of hydrogen-bond acceptors (Lipinski definition) is 7. The van der Waals surface area contributed by atoms with E-state index in [9.17, 15) is 23.2 Å². The molecule has 0 rings (SSSR count). The molecule has 3 N–H and O–H groups in total. The molecule has 0 bridgehead atoms. The Hall–Kier alpha value is -0.250. The maximum absolute atomic E-state index is 10.6. The van der Waals surface area contributed by atoms with Gasteiger partial charge in [0.1, 0.15) is 6.23 Å². The Morgan fingerprint density at radius 3 is 2.17 bits per heavy atom. The molecule has 2 atom stereocenters. The zero-order valence-corrected chi connectivity index (χ0v) is 11.5. The van der Waals surface area contributed by atoms with Crippen molar-refractivity contribution >= 4 is 10.1 Å². The minimum atomic E-state index is -4.56. The zero-order valence-electron chi connectivity index (χ0n) is 10.7. The summed E-state index contributed by atoms with van der Waals surface area (Å²) in [5, 5.41) is 27.9. The minimum absolute atomic E-state index is 0.00532. The summed E-state index contributed by atoms with van der Waals surface area (Å²) in [5.41, 5.74) is 0. The van der Waals surface area contributed by atoms with Crippen LogP contribution in [0.2, 0.25) is 0 Å². The van der Waals surface area contributed by atoms with Crippen molar-refractivity contribution < 1.29 is 28.3 Å². The van der Waals surface area contributed by atoms with Crippen molar-refractivity contribution in [2.24, 2.45) is 5.92 Å². The van der Waals surface area contributed by atoms with Gasteiger partial charge in [0.25, 0.3) is 0 Å². The van der Waals surface area contributed by atoms with Crippen molar-refractivity contribution in [3.63, 3.8) is 0 Å². The second-order valence-corrected chi connectivity index (χ2v) is 6.08. The van der Waals surface area contributed by atoms with Gasteiger partial charge in [0.05, 0.1) is 29.1 Å². The van der Waals surface area contributed by atoms with Gasteiger partial charge in [-0.05, 0) is 12.3 Å². The average molecular weight is 284 g/mol. The Morgan fingerprint density at radius 1 is 1.28 bits per heavy atom. The van der Waals surface area contributed by atoms with E-state index in [-0.39, 0.29) is 25.7 Å². The first-order valence-electron chi connectivity index (χ1n) is 5.80. The highest BCUT2D eigenvalue weighted by atomic mass is 32.2. The molecule has 18 heavy (non-hydrogen) atoms. The van der Waals surface area contributed by atoms with E-state index in [0.29, 0.717) is 6.42 Å². The van der Waals surface area contributed by atoms with Gasteiger partial charge in [0, 0.05) is 12.6 Å². The van der Waals surface area contributed by atoms with Crippen molar-refractivity contribution in [3.05, 3.63) is 0 Å². The molecule has 110 valence electrons. The minimum Gasteiger partial charge on any atom is -0.748 e. The third kappa shape index (κ3) is 7.24. The molecule has 7 nitrogen and oxygen atoms in total. The zero-order chi connectivity index (χ0) is 14.3. The number of aliphatic hydroxyl groups excluding tert-OH is 3. The van der Waals surface area contributed by atoms with Gasteiger partial charge in [-0.15, -0.1) is 0 Å². The van der Waals surface area contributed by atoms with E-state index in [2.05, 4.69) is 0 Å². The monoisotopic (exact) mass is 284 g/mol. The van der Waals surface area contributed by atoms with Crippen molar-refractivity contribution in [3.8, 4) is 0 Å². The third-order valence-corrected chi connectivity index (χ3v) is 3.22. The van der Waals surface area contributed by atoms with Crippen LogP contribution in [-0.4, -0.2) is 71.0 Å².